The second kappa shape index (κ2) is 6.48. The lowest BCUT2D eigenvalue weighted by Gasteiger charge is -2.33. The van der Waals surface area contributed by atoms with Gasteiger partial charge in [0.25, 0.3) is 6.01 Å². The molecular weight excluding hydrogens is 246 g/mol. The van der Waals surface area contributed by atoms with Gasteiger partial charge in [-0.3, -0.25) is 0 Å². The quantitative estimate of drug-likeness (QED) is 0.832. The summed E-state index contributed by atoms with van der Waals surface area (Å²) in [6, 6.07) is 0.780. The molecule has 102 valence electrons. The van der Waals surface area contributed by atoms with Gasteiger partial charge < -0.3 is 14.6 Å². The van der Waals surface area contributed by atoms with Crippen LogP contribution < -0.4 is 10.2 Å². The van der Waals surface area contributed by atoms with E-state index in [1.807, 2.05) is 11.8 Å². The van der Waals surface area contributed by atoms with Gasteiger partial charge in [0.05, 0.1) is 5.69 Å². The monoisotopic (exact) mass is 269 g/mol. The van der Waals surface area contributed by atoms with E-state index in [-0.39, 0.29) is 0 Å². The number of hydrogen-bond acceptors (Lipinski definition) is 5. The molecule has 0 amide bonds. The van der Waals surface area contributed by atoms with E-state index in [0.717, 1.165) is 44.3 Å². The zero-order valence-corrected chi connectivity index (χ0v) is 12.3. The first kappa shape index (κ1) is 13.7. The van der Waals surface area contributed by atoms with Crippen LogP contribution in [-0.2, 0) is 6.54 Å². The molecule has 1 N–H and O–H groups in total. The molecule has 1 aromatic rings. The largest absolute Gasteiger partial charge is 0.432 e. The first-order chi connectivity index (χ1) is 8.69. The van der Waals surface area contributed by atoms with Gasteiger partial charge in [-0.2, -0.15) is 16.7 Å². The SMILES string of the molecule is CCCNCc1coc(N2CC(C)SC(C)C2)n1. The second-order valence-electron chi connectivity index (χ2n) is 4.96. The number of oxazole rings is 1. The van der Waals surface area contributed by atoms with Gasteiger partial charge >= 0.3 is 0 Å². The minimum atomic E-state index is 0.641. The van der Waals surface area contributed by atoms with Crippen molar-refractivity contribution in [3.8, 4) is 0 Å². The molecule has 1 aliphatic rings. The Hall–Kier alpha value is -0.680. The average molecular weight is 269 g/mol. The highest BCUT2D eigenvalue weighted by Gasteiger charge is 2.25. The first-order valence-electron chi connectivity index (χ1n) is 6.74. The third-order valence-corrected chi connectivity index (χ3v) is 4.19. The van der Waals surface area contributed by atoms with Gasteiger partial charge in [0.2, 0.25) is 0 Å². The minimum Gasteiger partial charge on any atom is -0.432 e. The summed E-state index contributed by atoms with van der Waals surface area (Å²) in [5, 5.41) is 4.62. The Morgan fingerprint density at radius 2 is 2.17 bits per heavy atom. The molecule has 5 heteroatoms. The summed E-state index contributed by atoms with van der Waals surface area (Å²) in [5.41, 5.74) is 0.997. The van der Waals surface area contributed by atoms with Gasteiger partial charge in [-0.05, 0) is 13.0 Å². The topological polar surface area (TPSA) is 41.3 Å². The fourth-order valence-electron chi connectivity index (χ4n) is 2.25. The lowest BCUT2D eigenvalue weighted by Crippen LogP contribution is -2.40. The van der Waals surface area contributed by atoms with Gasteiger partial charge in [0, 0.05) is 30.1 Å². The Labute approximate surface area is 114 Å². The van der Waals surface area contributed by atoms with E-state index in [0.29, 0.717) is 10.5 Å². The molecule has 18 heavy (non-hydrogen) atoms. The Balaban J connectivity index is 1.92. The van der Waals surface area contributed by atoms with Gasteiger partial charge in [0.1, 0.15) is 6.26 Å². The summed E-state index contributed by atoms with van der Waals surface area (Å²) in [6.45, 7) is 10.6. The predicted octanol–water partition coefficient (Wildman–Crippen LogP) is 2.50. The lowest BCUT2D eigenvalue weighted by atomic mass is 10.3. The van der Waals surface area contributed by atoms with Gasteiger partial charge in [-0.1, -0.05) is 20.8 Å². The molecule has 2 unspecified atom stereocenters. The summed E-state index contributed by atoms with van der Waals surface area (Å²) in [4.78, 5) is 6.82. The molecule has 1 aliphatic heterocycles. The number of nitrogens with one attached hydrogen (secondary N) is 1. The van der Waals surface area contributed by atoms with Crippen molar-refractivity contribution in [3.05, 3.63) is 12.0 Å². The van der Waals surface area contributed by atoms with E-state index in [1.54, 1.807) is 6.26 Å². The smallest absolute Gasteiger partial charge is 0.297 e. The highest BCUT2D eigenvalue weighted by atomic mass is 32.2. The van der Waals surface area contributed by atoms with Crippen LogP contribution >= 0.6 is 11.8 Å². The van der Waals surface area contributed by atoms with Gasteiger partial charge in [-0.15, -0.1) is 0 Å². The number of aromatic nitrogens is 1. The van der Waals surface area contributed by atoms with E-state index in [2.05, 4.69) is 36.0 Å². The fraction of sp³-hybridized carbons (Fsp3) is 0.769. The number of rotatable bonds is 5. The fourth-order valence-corrected chi connectivity index (χ4v) is 3.58. The normalized spacial score (nSPS) is 24.5. The maximum atomic E-state index is 5.60. The molecule has 0 spiro atoms. The van der Waals surface area contributed by atoms with Crippen molar-refractivity contribution in [2.45, 2.75) is 44.2 Å². The Kier molecular flexibility index (Phi) is 4.95. The van der Waals surface area contributed by atoms with E-state index in [1.165, 1.54) is 0 Å². The molecule has 0 aliphatic carbocycles. The van der Waals surface area contributed by atoms with Crippen molar-refractivity contribution in [2.75, 3.05) is 24.5 Å². The minimum absolute atomic E-state index is 0.641. The molecule has 1 fully saturated rings. The van der Waals surface area contributed by atoms with Gasteiger partial charge in [-0.25, -0.2) is 0 Å². The van der Waals surface area contributed by atoms with Crippen LogP contribution in [0.5, 0.6) is 0 Å². The van der Waals surface area contributed by atoms with E-state index < -0.39 is 0 Å². The van der Waals surface area contributed by atoms with Crippen LogP contribution in [0.1, 0.15) is 32.9 Å². The molecule has 1 saturated heterocycles. The molecule has 2 rings (SSSR count). The van der Waals surface area contributed by atoms with Crippen molar-refractivity contribution in [1.29, 1.82) is 0 Å². The van der Waals surface area contributed by atoms with Gasteiger partial charge in [0.15, 0.2) is 0 Å². The van der Waals surface area contributed by atoms with Crippen molar-refractivity contribution < 1.29 is 4.42 Å². The van der Waals surface area contributed by atoms with Crippen LogP contribution in [0.2, 0.25) is 0 Å². The maximum Gasteiger partial charge on any atom is 0.297 e. The first-order valence-corrected chi connectivity index (χ1v) is 7.68. The second-order valence-corrected chi connectivity index (χ2v) is 6.84. The summed E-state index contributed by atoms with van der Waals surface area (Å²) in [5.74, 6) is 0. The van der Waals surface area contributed by atoms with E-state index >= 15 is 0 Å². The maximum absolute atomic E-state index is 5.60. The number of nitrogens with zero attached hydrogens (tertiary/aromatic N) is 2. The van der Waals surface area contributed by atoms with Crippen LogP contribution in [0.25, 0.3) is 0 Å². The standard InChI is InChI=1S/C13H23N3OS/c1-4-5-14-6-12-9-17-13(15-12)16-7-10(2)18-11(3)8-16/h9-11,14H,4-8H2,1-3H3. The molecule has 2 atom stereocenters. The molecular formula is C13H23N3OS. The van der Waals surface area contributed by atoms with Crippen molar-refractivity contribution in [3.63, 3.8) is 0 Å². The van der Waals surface area contributed by atoms with Crippen molar-refractivity contribution in [1.82, 2.24) is 10.3 Å². The summed E-state index contributed by atoms with van der Waals surface area (Å²) >= 11 is 2.04. The zero-order chi connectivity index (χ0) is 13.0. The Bertz CT molecular complexity index is 359. The van der Waals surface area contributed by atoms with E-state index in [9.17, 15) is 0 Å². The van der Waals surface area contributed by atoms with Crippen LogP contribution in [0, 0.1) is 0 Å². The van der Waals surface area contributed by atoms with Crippen LogP contribution in [-0.4, -0.2) is 35.1 Å². The summed E-state index contributed by atoms with van der Waals surface area (Å²) in [7, 11) is 0. The number of hydrogen-bond donors (Lipinski definition) is 1. The molecule has 2 heterocycles. The Morgan fingerprint density at radius 3 is 2.83 bits per heavy atom. The van der Waals surface area contributed by atoms with Crippen molar-refractivity contribution >= 4 is 17.8 Å². The number of thioether (sulfide) groups is 1. The molecule has 4 nitrogen and oxygen atoms in total. The predicted molar refractivity (Wildman–Crippen MR) is 77.2 cm³/mol. The lowest BCUT2D eigenvalue weighted by molar-refractivity contribution is 0.525. The molecule has 0 bridgehead atoms. The van der Waals surface area contributed by atoms with Crippen LogP contribution in [0.3, 0.4) is 0 Å². The van der Waals surface area contributed by atoms with Crippen LogP contribution in [0.15, 0.2) is 10.7 Å². The van der Waals surface area contributed by atoms with E-state index in [4.69, 9.17) is 4.42 Å². The highest BCUT2D eigenvalue weighted by Crippen LogP contribution is 2.28. The molecule has 1 aromatic heterocycles. The number of anilines is 1. The molecule has 0 radical (unpaired) electrons. The average Bonchev–Trinajstić information content (AvgIpc) is 2.77. The summed E-state index contributed by atoms with van der Waals surface area (Å²) in [6.07, 6.45) is 2.91. The molecule has 0 aromatic carbocycles. The third kappa shape index (κ3) is 3.65. The highest BCUT2D eigenvalue weighted by molar-refractivity contribution is 8.00. The molecule has 0 saturated carbocycles. The summed E-state index contributed by atoms with van der Waals surface area (Å²) < 4.78 is 5.60. The van der Waals surface area contributed by atoms with Crippen LogP contribution in [0.4, 0.5) is 6.01 Å². The Morgan fingerprint density at radius 1 is 1.44 bits per heavy atom. The van der Waals surface area contributed by atoms with Crippen molar-refractivity contribution in [2.24, 2.45) is 0 Å². The zero-order valence-electron chi connectivity index (χ0n) is 11.5. The third-order valence-electron chi connectivity index (χ3n) is 2.96.